The van der Waals surface area contributed by atoms with Crippen LogP contribution in [0.2, 0.25) is 0 Å². The van der Waals surface area contributed by atoms with Crippen molar-refractivity contribution in [1.82, 2.24) is 9.80 Å². The van der Waals surface area contributed by atoms with Gasteiger partial charge in [0.25, 0.3) is 0 Å². The van der Waals surface area contributed by atoms with Crippen LogP contribution in [0.25, 0.3) is 0 Å². The van der Waals surface area contributed by atoms with Gasteiger partial charge in [-0.2, -0.15) is 0 Å². The van der Waals surface area contributed by atoms with E-state index in [4.69, 9.17) is 0 Å². The van der Waals surface area contributed by atoms with E-state index in [0.29, 0.717) is 5.54 Å². The van der Waals surface area contributed by atoms with E-state index in [2.05, 4.69) is 37.7 Å². The summed E-state index contributed by atoms with van der Waals surface area (Å²) in [5.74, 6) is 0.967. The van der Waals surface area contributed by atoms with Crippen molar-refractivity contribution in [2.24, 2.45) is 5.92 Å². The maximum atomic E-state index is 2.61. The van der Waals surface area contributed by atoms with Crippen LogP contribution in [0, 0.1) is 5.92 Å². The highest BCUT2D eigenvalue weighted by atomic mass is 15.3. The molecule has 0 aromatic heterocycles. The fourth-order valence-electron chi connectivity index (χ4n) is 2.58. The molecule has 1 heterocycles. The van der Waals surface area contributed by atoms with Crippen LogP contribution < -0.4 is 0 Å². The molecule has 2 unspecified atom stereocenters. The molecule has 0 amide bonds. The fourth-order valence-corrected chi connectivity index (χ4v) is 2.58. The largest absolute Gasteiger partial charge is 0.302 e. The van der Waals surface area contributed by atoms with Crippen LogP contribution in [0.3, 0.4) is 0 Å². The van der Waals surface area contributed by atoms with E-state index < -0.39 is 0 Å². The molecule has 0 radical (unpaired) electrons. The predicted molar refractivity (Wildman–Crippen MR) is 51.2 cm³/mol. The van der Waals surface area contributed by atoms with Crippen LogP contribution in [0.1, 0.15) is 20.3 Å². The summed E-state index contributed by atoms with van der Waals surface area (Å²) in [5.41, 5.74) is 0.574. The minimum atomic E-state index is 0.574. The van der Waals surface area contributed by atoms with E-state index in [1.54, 1.807) is 0 Å². The van der Waals surface area contributed by atoms with Gasteiger partial charge in [-0.1, -0.05) is 0 Å². The Kier molecular flexibility index (Phi) is 1.74. The van der Waals surface area contributed by atoms with E-state index in [1.165, 1.54) is 19.5 Å². The summed E-state index contributed by atoms with van der Waals surface area (Å²) in [6.45, 7) is 7.22. The summed E-state index contributed by atoms with van der Waals surface area (Å²) >= 11 is 0. The molecule has 2 nitrogen and oxygen atoms in total. The number of likely N-dealkylation sites (tertiary alicyclic amines) is 1. The zero-order valence-electron chi connectivity index (χ0n) is 8.67. The van der Waals surface area contributed by atoms with Gasteiger partial charge >= 0.3 is 0 Å². The number of likely N-dealkylation sites (N-methyl/N-ethyl adjacent to an activating group) is 1. The highest BCUT2D eigenvalue weighted by Crippen LogP contribution is 2.53. The van der Waals surface area contributed by atoms with Crippen molar-refractivity contribution in [1.29, 1.82) is 0 Å². The molecule has 2 rings (SSSR count). The van der Waals surface area contributed by atoms with Crippen molar-refractivity contribution in [2.75, 3.05) is 27.2 Å². The average molecular weight is 168 g/mol. The number of rotatable bonds is 2. The second kappa shape index (κ2) is 2.46. The first-order chi connectivity index (χ1) is 5.56. The van der Waals surface area contributed by atoms with Crippen molar-refractivity contribution in [3.8, 4) is 0 Å². The van der Waals surface area contributed by atoms with Gasteiger partial charge < -0.3 is 4.90 Å². The van der Waals surface area contributed by atoms with Crippen LogP contribution in [0.4, 0.5) is 0 Å². The van der Waals surface area contributed by atoms with Gasteiger partial charge in [-0.25, -0.2) is 0 Å². The molecule has 2 aliphatic rings. The molecule has 70 valence electrons. The van der Waals surface area contributed by atoms with E-state index in [0.717, 1.165) is 12.0 Å². The first kappa shape index (κ1) is 8.52. The highest BCUT2D eigenvalue weighted by Gasteiger charge is 2.61. The van der Waals surface area contributed by atoms with Gasteiger partial charge in [-0.05, 0) is 40.3 Å². The summed E-state index contributed by atoms with van der Waals surface area (Å²) in [7, 11) is 4.45. The molecule has 0 bridgehead atoms. The molecule has 2 heteroatoms. The average Bonchev–Trinajstić information content (AvgIpc) is 2.55. The van der Waals surface area contributed by atoms with Gasteiger partial charge in [0.1, 0.15) is 0 Å². The monoisotopic (exact) mass is 168 g/mol. The summed E-state index contributed by atoms with van der Waals surface area (Å²) in [6.07, 6.45) is 1.43. The summed E-state index contributed by atoms with van der Waals surface area (Å²) < 4.78 is 0. The minimum absolute atomic E-state index is 0.574. The maximum absolute atomic E-state index is 2.61. The number of fused-ring (bicyclic) bond motifs is 1. The predicted octanol–water partition coefficient (Wildman–Crippen LogP) is 1.03. The van der Waals surface area contributed by atoms with Crippen LogP contribution in [0.5, 0.6) is 0 Å². The van der Waals surface area contributed by atoms with Gasteiger partial charge in [0.2, 0.25) is 0 Å². The van der Waals surface area contributed by atoms with Crippen LogP contribution in [0.15, 0.2) is 0 Å². The Balaban J connectivity index is 2.01. The number of hydrogen-bond acceptors (Lipinski definition) is 2. The van der Waals surface area contributed by atoms with E-state index in [-0.39, 0.29) is 0 Å². The standard InChI is InChI=1S/C10H20N2/c1-8(2)12-6-9-5-10(9,7-12)11(3)4/h8-9H,5-7H2,1-4H3. The molecule has 0 aromatic carbocycles. The second-order valence-electron chi connectivity index (χ2n) is 4.92. The Morgan fingerprint density at radius 3 is 2.42 bits per heavy atom. The summed E-state index contributed by atoms with van der Waals surface area (Å²) in [6, 6.07) is 0.731. The van der Waals surface area contributed by atoms with E-state index >= 15 is 0 Å². The molecular weight excluding hydrogens is 148 g/mol. The lowest BCUT2D eigenvalue weighted by Gasteiger charge is -2.27. The van der Waals surface area contributed by atoms with Crippen molar-refractivity contribution in [3.05, 3.63) is 0 Å². The molecule has 12 heavy (non-hydrogen) atoms. The Hall–Kier alpha value is -0.0800. The van der Waals surface area contributed by atoms with Crippen LogP contribution in [-0.4, -0.2) is 48.6 Å². The third kappa shape index (κ3) is 1.01. The molecule has 2 fully saturated rings. The highest BCUT2D eigenvalue weighted by molar-refractivity contribution is 5.17. The van der Waals surface area contributed by atoms with Crippen LogP contribution in [-0.2, 0) is 0 Å². The lowest BCUT2D eigenvalue weighted by molar-refractivity contribution is 0.192. The van der Waals surface area contributed by atoms with E-state index in [9.17, 15) is 0 Å². The number of piperidine rings is 1. The Bertz CT molecular complexity index is 188. The van der Waals surface area contributed by atoms with Crippen molar-refractivity contribution < 1.29 is 0 Å². The topological polar surface area (TPSA) is 6.48 Å². The Morgan fingerprint density at radius 2 is 2.08 bits per heavy atom. The van der Waals surface area contributed by atoms with Crippen molar-refractivity contribution >= 4 is 0 Å². The number of nitrogens with zero attached hydrogens (tertiary/aromatic N) is 2. The lowest BCUT2D eigenvalue weighted by atomic mass is 10.2. The number of hydrogen-bond donors (Lipinski definition) is 0. The third-order valence-corrected chi connectivity index (χ3v) is 3.75. The molecular formula is C10H20N2. The van der Waals surface area contributed by atoms with Crippen molar-refractivity contribution in [3.63, 3.8) is 0 Å². The second-order valence-corrected chi connectivity index (χ2v) is 4.92. The molecule has 0 N–H and O–H groups in total. The lowest BCUT2D eigenvalue weighted by Crippen LogP contribution is -2.39. The Labute approximate surface area is 75.5 Å². The first-order valence-corrected chi connectivity index (χ1v) is 4.98. The molecule has 2 atom stereocenters. The smallest absolute Gasteiger partial charge is 0.0375 e. The van der Waals surface area contributed by atoms with Crippen LogP contribution >= 0.6 is 0 Å². The molecule has 1 aliphatic heterocycles. The molecule has 1 aliphatic carbocycles. The van der Waals surface area contributed by atoms with Gasteiger partial charge in [0, 0.05) is 24.7 Å². The molecule has 0 aromatic rings. The summed E-state index contributed by atoms with van der Waals surface area (Å²) in [4.78, 5) is 5.04. The maximum Gasteiger partial charge on any atom is 0.0375 e. The normalized spacial score (nSPS) is 41.0. The molecule has 0 spiro atoms. The molecule has 1 saturated carbocycles. The van der Waals surface area contributed by atoms with Crippen molar-refractivity contribution in [2.45, 2.75) is 31.8 Å². The zero-order chi connectivity index (χ0) is 8.93. The Morgan fingerprint density at radius 1 is 1.42 bits per heavy atom. The molecule has 1 saturated heterocycles. The van der Waals surface area contributed by atoms with Gasteiger partial charge in [0.15, 0.2) is 0 Å². The SMILES string of the molecule is CC(C)N1CC2CC2(N(C)C)C1. The quantitative estimate of drug-likeness (QED) is 0.607. The first-order valence-electron chi connectivity index (χ1n) is 4.98. The zero-order valence-corrected chi connectivity index (χ0v) is 8.67. The summed E-state index contributed by atoms with van der Waals surface area (Å²) in [5, 5.41) is 0. The van der Waals surface area contributed by atoms with Gasteiger partial charge in [-0.3, -0.25) is 4.90 Å². The minimum Gasteiger partial charge on any atom is -0.302 e. The third-order valence-electron chi connectivity index (χ3n) is 3.75. The van der Waals surface area contributed by atoms with E-state index in [1.807, 2.05) is 0 Å². The fraction of sp³-hybridized carbons (Fsp3) is 1.00. The van der Waals surface area contributed by atoms with Gasteiger partial charge in [0.05, 0.1) is 0 Å². The van der Waals surface area contributed by atoms with Gasteiger partial charge in [-0.15, -0.1) is 0 Å².